The second kappa shape index (κ2) is 5.64. The van der Waals surface area contributed by atoms with Gasteiger partial charge in [0.2, 0.25) is 0 Å². The number of benzene rings is 1. The molecular formula is C13H12BrN3O. The van der Waals surface area contributed by atoms with E-state index in [-0.39, 0.29) is 6.03 Å². The van der Waals surface area contributed by atoms with Crippen molar-refractivity contribution in [2.75, 3.05) is 10.6 Å². The van der Waals surface area contributed by atoms with Crippen molar-refractivity contribution in [1.82, 2.24) is 4.98 Å². The topological polar surface area (TPSA) is 54.0 Å². The molecule has 0 radical (unpaired) electrons. The zero-order valence-corrected chi connectivity index (χ0v) is 11.4. The normalized spacial score (nSPS) is 9.89. The molecule has 2 rings (SSSR count). The fourth-order valence-electron chi connectivity index (χ4n) is 1.44. The van der Waals surface area contributed by atoms with E-state index >= 15 is 0 Å². The number of hydrogen-bond donors (Lipinski definition) is 2. The van der Waals surface area contributed by atoms with Gasteiger partial charge >= 0.3 is 6.03 Å². The van der Waals surface area contributed by atoms with Crippen LogP contribution in [0.25, 0.3) is 0 Å². The Morgan fingerprint density at radius 3 is 2.67 bits per heavy atom. The lowest BCUT2D eigenvalue weighted by Crippen LogP contribution is -2.20. The Kier molecular flexibility index (Phi) is 3.94. The number of para-hydroxylation sites is 1. The van der Waals surface area contributed by atoms with Gasteiger partial charge in [0, 0.05) is 16.4 Å². The number of amides is 2. The van der Waals surface area contributed by atoms with Crippen molar-refractivity contribution < 1.29 is 4.79 Å². The maximum Gasteiger partial charge on any atom is 0.323 e. The quantitative estimate of drug-likeness (QED) is 0.886. The van der Waals surface area contributed by atoms with Gasteiger partial charge in [-0.3, -0.25) is 4.98 Å². The zero-order valence-electron chi connectivity index (χ0n) is 9.77. The van der Waals surface area contributed by atoms with Crippen LogP contribution in [-0.2, 0) is 0 Å². The van der Waals surface area contributed by atoms with Crippen molar-refractivity contribution in [3.63, 3.8) is 0 Å². The van der Waals surface area contributed by atoms with Crippen LogP contribution < -0.4 is 10.6 Å². The van der Waals surface area contributed by atoms with Crippen molar-refractivity contribution in [3.05, 3.63) is 52.8 Å². The van der Waals surface area contributed by atoms with E-state index in [2.05, 4.69) is 31.5 Å². The molecule has 0 atom stereocenters. The molecule has 2 aromatic rings. The van der Waals surface area contributed by atoms with Crippen molar-refractivity contribution in [3.8, 4) is 0 Å². The number of halogens is 1. The molecule has 0 fully saturated rings. The molecule has 0 aliphatic carbocycles. The molecule has 0 saturated heterocycles. The average Bonchev–Trinajstić information content (AvgIpc) is 2.35. The van der Waals surface area contributed by atoms with Crippen molar-refractivity contribution in [2.45, 2.75) is 6.92 Å². The molecule has 92 valence electrons. The van der Waals surface area contributed by atoms with Gasteiger partial charge in [-0.25, -0.2) is 4.79 Å². The molecule has 0 unspecified atom stereocenters. The fourth-order valence-corrected chi connectivity index (χ4v) is 1.77. The third-order valence-electron chi connectivity index (χ3n) is 2.33. The van der Waals surface area contributed by atoms with E-state index in [9.17, 15) is 4.79 Å². The number of urea groups is 1. The van der Waals surface area contributed by atoms with Crippen LogP contribution in [0.3, 0.4) is 0 Å². The Morgan fingerprint density at radius 2 is 1.94 bits per heavy atom. The molecule has 0 bridgehead atoms. The summed E-state index contributed by atoms with van der Waals surface area (Å²) in [6.45, 7) is 1.84. The number of pyridine rings is 1. The molecule has 2 N–H and O–H groups in total. The van der Waals surface area contributed by atoms with Crippen LogP contribution in [-0.4, -0.2) is 11.0 Å². The largest absolute Gasteiger partial charge is 0.323 e. The first-order chi connectivity index (χ1) is 8.65. The lowest BCUT2D eigenvalue weighted by Gasteiger charge is -2.09. The Bertz CT molecular complexity index is 557. The maximum atomic E-state index is 11.8. The third kappa shape index (κ3) is 3.30. The third-order valence-corrected chi connectivity index (χ3v) is 2.77. The van der Waals surface area contributed by atoms with Crippen LogP contribution in [0.1, 0.15) is 5.69 Å². The molecule has 0 aliphatic heterocycles. The molecule has 18 heavy (non-hydrogen) atoms. The number of anilines is 2. The molecule has 0 spiro atoms. The predicted octanol–water partition coefficient (Wildman–Crippen LogP) is 3.80. The molecular weight excluding hydrogens is 294 g/mol. The van der Waals surface area contributed by atoms with Crippen LogP contribution in [0.4, 0.5) is 16.2 Å². The van der Waals surface area contributed by atoms with E-state index in [0.29, 0.717) is 5.69 Å². The molecule has 0 saturated carbocycles. The second-order valence-corrected chi connectivity index (χ2v) is 4.65. The van der Waals surface area contributed by atoms with Crippen LogP contribution in [0.2, 0.25) is 0 Å². The zero-order chi connectivity index (χ0) is 13.0. The van der Waals surface area contributed by atoms with Crippen molar-refractivity contribution >= 4 is 33.3 Å². The van der Waals surface area contributed by atoms with Gasteiger partial charge in [-0.2, -0.15) is 0 Å². The number of carbonyl (C=O) groups excluding carboxylic acids is 1. The molecule has 1 heterocycles. The summed E-state index contributed by atoms with van der Waals surface area (Å²) in [6.07, 6.45) is 1.69. The van der Waals surface area contributed by atoms with E-state index < -0.39 is 0 Å². The van der Waals surface area contributed by atoms with Gasteiger partial charge in [-0.05, 0) is 41.1 Å². The summed E-state index contributed by atoms with van der Waals surface area (Å²) in [5.41, 5.74) is 2.19. The highest BCUT2D eigenvalue weighted by Crippen LogP contribution is 2.18. The molecule has 4 nitrogen and oxygen atoms in total. The monoisotopic (exact) mass is 305 g/mol. The smallest absolute Gasteiger partial charge is 0.308 e. The SMILES string of the molecule is Cc1ncc(Br)cc1NC(=O)Nc1ccccc1. The first kappa shape index (κ1) is 12.6. The lowest BCUT2D eigenvalue weighted by molar-refractivity contribution is 0.262. The van der Waals surface area contributed by atoms with Crippen LogP contribution in [0.15, 0.2) is 47.1 Å². The summed E-state index contributed by atoms with van der Waals surface area (Å²) in [7, 11) is 0. The number of hydrogen-bond acceptors (Lipinski definition) is 2. The van der Waals surface area contributed by atoms with E-state index in [1.807, 2.05) is 43.3 Å². The van der Waals surface area contributed by atoms with Gasteiger partial charge in [0.05, 0.1) is 11.4 Å². The number of nitrogens with zero attached hydrogens (tertiary/aromatic N) is 1. The summed E-state index contributed by atoms with van der Waals surface area (Å²) in [4.78, 5) is 15.9. The molecule has 1 aromatic carbocycles. The highest BCUT2D eigenvalue weighted by atomic mass is 79.9. The van der Waals surface area contributed by atoms with Gasteiger partial charge in [0.15, 0.2) is 0 Å². The van der Waals surface area contributed by atoms with Crippen LogP contribution >= 0.6 is 15.9 Å². The maximum absolute atomic E-state index is 11.8. The molecule has 2 amide bonds. The van der Waals surface area contributed by atoms with Gasteiger partial charge in [-0.1, -0.05) is 18.2 Å². The minimum absolute atomic E-state index is 0.288. The number of aromatic nitrogens is 1. The van der Waals surface area contributed by atoms with Crippen LogP contribution in [0.5, 0.6) is 0 Å². The summed E-state index contributed by atoms with van der Waals surface area (Å²) in [5.74, 6) is 0. The molecule has 0 aliphatic rings. The van der Waals surface area contributed by atoms with Gasteiger partial charge in [-0.15, -0.1) is 0 Å². The summed E-state index contributed by atoms with van der Waals surface area (Å²) in [6, 6.07) is 10.8. The number of rotatable bonds is 2. The fraction of sp³-hybridized carbons (Fsp3) is 0.0769. The summed E-state index contributed by atoms with van der Waals surface area (Å²) < 4.78 is 0.822. The first-order valence-electron chi connectivity index (χ1n) is 5.40. The summed E-state index contributed by atoms with van der Waals surface area (Å²) >= 11 is 3.32. The Balaban J connectivity index is 2.05. The van der Waals surface area contributed by atoms with E-state index in [0.717, 1.165) is 15.9 Å². The Morgan fingerprint density at radius 1 is 1.22 bits per heavy atom. The van der Waals surface area contributed by atoms with Crippen molar-refractivity contribution in [2.24, 2.45) is 0 Å². The van der Waals surface area contributed by atoms with E-state index in [1.165, 1.54) is 0 Å². The standard InChI is InChI=1S/C13H12BrN3O/c1-9-12(7-10(14)8-15-9)17-13(18)16-11-5-3-2-4-6-11/h2-8H,1H3,(H2,16,17,18). The molecule has 5 heteroatoms. The second-order valence-electron chi connectivity index (χ2n) is 3.73. The van der Waals surface area contributed by atoms with Gasteiger partial charge in [0.1, 0.15) is 0 Å². The number of aryl methyl sites for hydroxylation is 1. The van der Waals surface area contributed by atoms with E-state index in [4.69, 9.17) is 0 Å². The minimum atomic E-state index is -0.288. The number of nitrogens with one attached hydrogen (secondary N) is 2. The number of carbonyl (C=O) groups is 1. The van der Waals surface area contributed by atoms with E-state index in [1.54, 1.807) is 6.20 Å². The Hall–Kier alpha value is -1.88. The van der Waals surface area contributed by atoms with Crippen LogP contribution in [0, 0.1) is 6.92 Å². The van der Waals surface area contributed by atoms with Gasteiger partial charge < -0.3 is 10.6 Å². The predicted molar refractivity (Wildman–Crippen MR) is 75.8 cm³/mol. The highest BCUT2D eigenvalue weighted by molar-refractivity contribution is 9.10. The summed E-state index contributed by atoms with van der Waals surface area (Å²) in [5, 5.41) is 5.50. The average molecular weight is 306 g/mol. The first-order valence-corrected chi connectivity index (χ1v) is 6.19. The van der Waals surface area contributed by atoms with Gasteiger partial charge in [0.25, 0.3) is 0 Å². The minimum Gasteiger partial charge on any atom is -0.308 e. The van der Waals surface area contributed by atoms with Crippen molar-refractivity contribution in [1.29, 1.82) is 0 Å². The lowest BCUT2D eigenvalue weighted by atomic mass is 10.3. The Labute approximate surface area is 114 Å². The molecule has 1 aromatic heterocycles. The highest BCUT2D eigenvalue weighted by Gasteiger charge is 2.05.